The van der Waals surface area contributed by atoms with E-state index < -0.39 is 59.3 Å². The van der Waals surface area contributed by atoms with Gasteiger partial charge in [0.25, 0.3) is 12.1 Å². The number of carbonyl (C=O) groups excluding carboxylic acids is 1. The number of piperazine rings is 1. The molecule has 0 radical (unpaired) electrons. The summed E-state index contributed by atoms with van der Waals surface area (Å²) in [7, 11) is 4.86. The second kappa shape index (κ2) is 18.5. The van der Waals surface area contributed by atoms with Crippen molar-refractivity contribution in [1.29, 1.82) is 0 Å². The maximum Gasteiger partial charge on any atom is 0.408 e. The third-order valence-electron chi connectivity index (χ3n) is 10.5. The van der Waals surface area contributed by atoms with E-state index in [9.17, 15) is 22.4 Å². The molecule has 6 aromatic rings. The molecule has 1 aliphatic rings. The Morgan fingerprint density at radius 3 is 2.44 bits per heavy atom. The first-order chi connectivity index (χ1) is 29.9. The normalized spacial score (nSPS) is 14.8. The van der Waals surface area contributed by atoms with Gasteiger partial charge in [-0.25, -0.2) is 14.8 Å². The van der Waals surface area contributed by atoms with Crippen LogP contribution in [-0.2, 0) is 27.4 Å². The number of hydrogen-bond acceptors (Lipinski definition) is 12. The van der Waals surface area contributed by atoms with E-state index >= 15 is 8.78 Å². The molecule has 1 fully saturated rings. The molecule has 332 valence electrons. The van der Waals surface area contributed by atoms with E-state index in [1.807, 2.05) is 0 Å². The molecule has 12 nitrogen and oxygen atoms in total. The molecule has 22 heteroatoms. The van der Waals surface area contributed by atoms with Crippen molar-refractivity contribution in [2.24, 2.45) is 0 Å². The van der Waals surface area contributed by atoms with Crippen molar-refractivity contribution in [1.82, 2.24) is 29.5 Å². The van der Waals surface area contributed by atoms with Crippen LogP contribution in [0.4, 0.5) is 26.3 Å². The smallest absolute Gasteiger partial charge is 0.408 e. The first-order valence-corrected chi connectivity index (χ1v) is 21.0. The maximum atomic E-state index is 17.2. The van der Waals surface area contributed by atoms with E-state index in [0.717, 1.165) is 62.2 Å². The molecule has 1 saturated heterocycles. The number of halogens is 7. The highest BCUT2D eigenvalue weighted by Crippen LogP contribution is 2.51. The Bertz CT molecular complexity index is 2580. The minimum absolute atomic E-state index is 0.0580. The van der Waals surface area contributed by atoms with Gasteiger partial charge in [0.1, 0.15) is 41.6 Å². The number of carbonyl (C=O) groups is 1. The standard InChI is InChI=1S/C41H41B2ClF6N6O6S/c1-4-58-38(57)35(40(49,50)25-7-5-6-8-26(25)62-41(42,43)29-13-14-53-56(29)21-39(46,47)48)61-36-32-31(34(28-11-12-30(45)60-28)63-37(32)52-22-51-36)24-9-10-27(33(44)23(24)2)59-20-19-55-17-15-54(3)16-18-55/h5-14,22,35H,4,15-21,42-43H2,1-3H3. The Hall–Kier alpha value is -5.24. The van der Waals surface area contributed by atoms with Gasteiger partial charge < -0.3 is 28.3 Å². The minimum Gasteiger partial charge on any atom is -0.499 e. The molecule has 63 heavy (non-hydrogen) atoms. The van der Waals surface area contributed by atoms with Crippen molar-refractivity contribution < 1.29 is 54.5 Å². The van der Waals surface area contributed by atoms with E-state index in [4.69, 9.17) is 35.0 Å². The van der Waals surface area contributed by atoms with Crippen LogP contribution in [0.2, 0.25) is 5.02 Å². The molecule has 4 aromatic heterocycles. The number of nitrogens with zero attached hydrogens (tertiary/aromatic N) is 6. The van der Waals surface area contributed by atoms with Crippen molar-refractivity contribution >= 4 is 54.8 Å². The largest absolute Gasteiger partial charge is 0.499 e. The molecule has 7 rings (SSSR count). The Balaban J connectivity index is 1.28. The average molecular weight is 917 g/mol. The van der Waals surface area contributed by atoms with Crippen molar-refractivity contribution in [3.05, 3.63) is 95.0 Å². The van der Waals surface area contributed by atoms with Crippen LogP contribution in [0, 0.1) is 12.9 Å². The average Bonchev–Trinajstić information content (AvgIpc) is 3.98. The summed E-state index contributed by atoms with van der Waals surface area (Å²) >= 11 is 7.99. The highest BCUT2D eigenvalue weighted by Gasteiger charge is 2.52. The monoisotopic (exact) mass is 916 g/mol. The van der Waals surface area contributed by atoms with Crippen LogP contribution in [0.25, 0.3) is 32.0 Å². The van der Waals surface area contributed by atoms with Gasteiger partial charge in [0.15, 0.2) is 15.7 Å². The number of fused-ring (bicyclic) bond motifs is 1. The molecule has 0 aliphatic carbocycles. The molecule has 0 bridgehead atoms. The zero-order valence-electron chi connectivity index (χ0n) is 34.8. The van der Waals surface area contributed by atoms with Crippen LogP contribution in [0.3, 0.4) is 0 Å². The third kappa shape index (κ3) is 9.95. The number of rotatable bonds is 16. The Morgan fingerprint density at radius 2 is 1.75 bits per heavy atom. The molecule has 0 amide bonds. The number of thiophene rings is 1. The summed E-state index contributed by atoms with van der Waals surface area (Å²) in [6.07, 6.45) is -5.15. The van der Waals surface area contributed by atoms with Crippen LogP contribution in [-0.4, -0.2) is 116 Å². The summed E-state index contributed by atoms with van der Waals surface area (Å²) in [6, 6.07) is 11.2. The number of furan rings is 1. The van der Waals surface area contributed by atoms with E-state index in [-0.39, 0.29) is 38.9 Å². The van der Waals surface area contributed by atoms with Gasteiger partial charge in [-0.1, -0.05) is 29.8 Å². The molecule has 1 aliphatic heterocycles. The molecule has 5 heterocycles. The van der Waals surface area contributed by atoms with Crippen molar-refractivity contribution in [3.8, 4) is 39.1 Å². The molecule has 0 N–H and O–H groups in total. The highest BCUT2D eigenvalue weighted by molar-refractivity contribution is 7.22. The fourth-order valence-corrected chi connectivity index (χ4v) is 8.63. The minimum atomic E-state index is -4.64. The first kappa shape index (κ1) is 45.8. The molecule has 0 spiro atoms. The summed E-state index contributed by atoms with van der Waals surface area (Å²) in [5.74, 6) is -6.15. The Morgan fingerprint density at radius 1 is 1.00 bits per heavy atom. The first-order valence-electron chi connectivity index (χ1n) is 19.8. The second-order valence-electron chi connectivity index (χ2n) is 15.3. The number of aromatic nitrogens is 4. The molecular formula is C41H41B2ClF6N6O6S. The topological polar surface area (TPSA) is 117 Å². The van der Waals surface area contributed by atoms with Crippen molar-refractivity contribution in [2.45, 2.75) is 44.0 Å². The Labute approximate surface area is 368 Å². The van der Waals surface area contributed by atoms with Crippen LogP contribution in [0.1, 0.15) is 23.7 Å². The predicted molar refractivity (Wildman–Crippen MR) is 229 cm³/mol. The van der Waals surface area contributed by atoms with E-state index in [1.165, 1.54) is 52.9 Å². The number of likely N-dealkylation sites (N-methyl/N-ethyl adjacent to an activating group) is 1. The third-order valence-corrected chi connectivity index (χ3v) is 12.0. The predicted octanol–water partition coefficient (Wildman–Crippen LogP) is 6.66. The molecule has 2 aromatic carbocycles. The highest BCUT2D eigenvalue weighted by atomic mass is 35.5. The van der Waals surface area contributed by atoms with Crippen LogP contribution in [0.15, 0.2) is 71.5 Å². The number of para-hydroxylation sites is 1. The molecular weight excluding hydrogens is 876 g/mol. The lowest BCUT2D eigenvalue weighted by Crippen LogP contribution is -2.45. The van der Waals surface area contributed by atoms with Crippen LogP contribution >= 0.6 is 22.9 Å². The number of hydrogen-bond donors (Lipinski definition) is 0. The summed E-state index contributed by atoms with van der Waals surface area (Å²) in [4.78, 5) is 27.4. The molecule has 0 saturated carbocycles. The second-order valence-corrected chi connectivity index (χ2v) is 16.7. The van der Waals surface area contributed by atoms with Gasteiger partial charge in [0.05, 0.1) is 38.6 Å². The fourth-order valence-electron chi connectivity index (χ4n) is 7.30. The van der Waals surface area contributed by atoms with Gasteiger partial charge in [-0.15, -0.1) is 11.3 Å². The van der Waals surface area contributed by atoms with Gasteiger partial charge in [-0.3, -0.25) is 9.58 Å². The number of alkyl halides is 5. The van der Waals surface area contributed by atoms with Gasteiger partial charge in [0, 0.05) is 50.6 Å². The zero-order valence-corrected chi connectivity index (χ0v) is 36.3. The zero-order chi connectivity index (χ0) is 45.3. The maximum absolute atomic E-state index is 17.2. The lowest BCUT2D eigenvalue weighted by molar-refractivity contribution is -0.174. The lowest BCUT2D eigenvalue weighted by Gasteiger charge is -2.32. The molecule has 1 unspecified atom stereocenters. The van der Waals surface area contributed by atoms with E-state index in [0.29, 0.717) is 39.6 Å². The number of esters is 1. The van der Waals surface area contributed by atoms with E-state index in [1.54, 1.807) is 19.1 Å². The van der Waals surface area contributed by atoms with Crippen LogP contribution in [0.5, 0.6) is 17.4 Å². The summed E-state index contributed by atoms with van der Waals surface area (Å²) in [5.41, 5.74) is 0.349. The van der Waals surface area contributed by atoms with Crippen LogP contribution < -0.4 is 14.2 Å². The van der Waals surface area contributed by atoms with Gasteiger partial charge in [-0.2, -0.15) is 31.4 Å². The lowest BCUT2D eigenvalue weighted by atomic mass is 9.63. The number of benzene rings is 2. The van der Waals surface area contributed by atoms with E-state index in [2.05, 4.69) is 31.9 Å². The molecule has 1 atom stereocenters. The summed E-state index contributed by atoms with van der Waals surface area (Å²) < 4.78 is 119. The SMILES string of the molecule is BC(B)(Oc1ccccc1C(F)(F)C(Oc1ncnc2sc(-c3ccc(F)o3)c(-c3ccc(OCCN4CCN(C)CC4)c(Cl)c3C)c12)C(=O)OCC)c1ccnn1CC(F)(F)F. The summed E-state index contributed by atoms with van der Waals surface area (Å²) in [6.45, 7) is 6.16. The number of ether oxygens (including phenoxy) is 4. The Kier molecular flexibility index (Phi) is 13.4. The summed E-state index contributed by atoms with van der Waals surface area (Å²) in [5, 5.41) is 2.44. The van der Waals surface area contributed by atoms with Gasteiger partial charge >= 0.3 is 18.1 Å². The quantitative estimate of drug-likeness (QED) is 0.0590. The fraction of sp³-hybridized carbons (Fsp3) is 0.366. The van der Waals surface area contributed by atoms with Crippen molar-refractivity contribution in [3.63, 3.8) is 0 Å². The van der Waals surface area contributed by atoms with Crippen molar-refractivity contribution in [2.75, 3.05) is 53.0 Å². The van der Waals surface area contributed by atoms with Gasteiger partial charge in [-0.05, 0) is 62.4 Å². The van der Waals surface area contributed by atoms with Gasteiger partial charge in [0.2, 0.25) is 5.88 Å².